The summed E-state index contributed by atoms with van der Waals surface area (Å²) >= 11 is 8.18. The van der Waals surface area contributed by atoms with Crippen molar-refractivity contribution in [2.45, 2.75) is 51.0 Å². The zero-order chi connectivity index (χ0) is 23.8. The van der Waals surface area contributed by atoms with Crippen molar-refractivity contribution in [3.05, 3.63) is 71.1 Å². The minimum absolute atomic E-state index is 0.0150. The number of aryl methyl sites for hydroxylation is 1. The molecule has 1 unspecified atom stereocenters. The number of Topliss-reactive ketones (excluding diaryl/α,β-unsaturated/α-hetero) is 1. The monoisotopic (exact) mass is 486 g/mol. The highest BCUT2D eigenvalue weighted by Gasteiger charge is 2.38. The number of fused-ring (bicyclic) bond motifs is 1. The van der Waals surface area contributed by atoms with Gasteiger partial charge >= 0.3 is 5.97 Å². The normalized spacial score (nSPS) is 22.0. The summed E-state index contributed by atoms with van der Waals surface area (Å²) < 4.78 is 1.15. The summed E-state index contributed by atoms with van der Waals surface area (Å²) in [6.45, 7) is 3.90. The summed E-state index contributed by atoms with van der Waals surface area (Å²) in [5, 5.41) is 21.1. The molecule has 0 aliphatic heterocycles. The third kappa shape index (κ3) is 6.89. The lowest BCUT2D eigenvalue weighted by Gasteiger charge is -2.18. The lowest BCUT2D eigenvalue weighted by molar-refractivity contribution is -0.137. The van der Waals surface area contributed by atoms with E-state index in [1.807, 2.05) is 48.6 Å². The van der Waals surface area contributed by atoms with Gasteiger partial charge in [-0.25, -0.2) is 0 Å². The fourth-order valence-electron chi connectivity index (χ4n) is 4.43. The maximum Gasteiger partial charge on any atom is 0.303 e. The molecule has 2 N–H and O–H groups in total. The number of rotatable bonds is 12. The Bertz CT molecular complexity index is 1040. The van der Waals surface area contributed by atoms with Gasteiger partial charge in [-0.1, -0.05) is 60.2 Å². The van der Waals surface area contributed by atoms with Crippen LogP contribution < -0.4 is 0 Å². The molecule has 1 heterocycles. The van der Waals surface area contributed by atoms with Crippen LogP contribution in [-0.2, 0) is 16.0 Å². The van der Waals surface area contributed by atoms with Gasteiger partial charge in [-0.05, 0) is 50.0 Å². The number of carboxylic acid groups (broad SMARTS) is 1. The fraction of sp³-hybridized carbons (Fsp3) is 0.407. The Morgan fingerprint density at radius 2 is 2.09 bits per heavy atom. The third-order valence-electron chi connectivity index (χ3n) is 6.25. The van der Waals surface area contributed by atoms with Crippen LogP contribution in [-0.4, -0.2) is 28.1 Å². The molecule has 0 spiro atoms. The first-order valence-corrected chi connectivity index (χ1v) is 12.6. The zero-order valence-electron chi connectivity index (χ0n) is 18.7. The first-order chi connectivity index (χ1) is 15.9. The Hall–Kier alpha value is -2.21. The van der Waals surface area contributed by atoms with E-state index in [0.29, 0.717) is 38.5 Å². The van der Waals surface area contributed by atoms with E-state index in [2.05, 4.69) is 12.6 Å². The van der Waals surface area contributed by atoms with Gasteiger partial charge in [-0.3, -0.25) is 9.59 Å². The smallest absolute Gasteiger partial charge is 0.303 e. The summed E-state index contributed by atoms with van der Waals surface area (Å²) in [5.74, 6) is -0.619. The van der Waals surface area contributed by atoms with Gasteiger partial charge in [-0.2, -0.15) is 0 Å². The van der Waals surface area contributed by atoms with Gasteiger partial charge in [0.2, 0.25) is 0 Å². The maximum absolute atomic E-state index is 12.6. The van der Waals surface area contributed by atoms with Gasteiger partial charge < -0.3 is 10.2 Å². The van der Waals surface area contributed by atoms with Crippen LogP contribution in [0.2, 0.25) is 5.02 Å². The van der Waals surface area contributed by atoms with Crippen LogP contribution in [0.4, 0.5) is 0 Å². The van der Waals surface area contributed by atoms with E-state index in [1.165, 1.54) is 0 Å². The zero-order valence-corrected chi connectivity index (χ0v) is 20.2. The quantitative estimate of drug-likeness (QED) is 0.261. The van der Waals surface area contributed by atoms with Crippen LogP contribution in [0, 0.1) is 17.8 Å². The average Bonchev–Trinajstić information content (AvgIpc) is 3.29. The molecule has 4 nitrogen and oxygen atoms in total. The van der Waals surface area contributed by atoms with Gasteiger partial charge in [0, 0.05) is 33.7 Å². The predicted molar refractivity (Wildman–Crippen MR) is 136 cm³/mol. The van der Waals surface area contributed by atoms with Gasteiger partial charge in [-0.15, -0.1) is 17.9 Å². The number of carbonyl (C=O) groups excluding carboxylic acids is 1. The molecule has 4 atom stereocenters. The van der Waals surface area contributed by atoms with Crippen LogP contribution in [0.1, 0.15) is 43.4 Å². The van der Waals surface area contributed by atoms with E-state index < -0.39 is 12.1 Å². The number of aliphatic hydroxyl groups is 1. The molecule has 0 saturated heterocycles. The summed E-state index contributed by atoms with van der Waals surface area (Å²) in [6, 6.07) is 8.04. The van der Waals surface area contributed by atoms with E-state index in [4.69, 9.17) is 16.7 Å². The molecule has 1 saturated carbocycles. The largest absolute Gasteiger partial charge is 0.481 e. The number of aliphatic hydroxyl groups excluding tert-OH is 1. The van der Waals surface area contributed by atoms with E-state index in [-0.39, 0.29) is 30.0 Å². The number of carbonyl (C=O) groups is 2. The van der Waals surface area contributed by atoms with Crippen molar-refractivity contribution in [2.24, 2.45) is 17.8 Å². The van der Waals surface area contributed by atoms with Crippen molar-refractivity contribution in [3.63, 3.8) is 0 Å². The Balaban J connectivity index is 1.56. The maximum atomic E-state index is 12.6. The number of carboxylic acids is 1. The average molecular weight is 487 g/mol. The summed E-state index contributed by atoms with van der Waals surface area (Å²) in [4.78, 5) is 24.2. The highest BCUT2D eigenvalue weighted by Crippen LogP contribution is 2.39. The highest BCUT2D eigenvalue weighted by molar-refractivity contribution is 7.19. The molecule has 33 heavy (non-hydrogen) atoms. The lowest BCUT2D eigenvalue weighted by Crippen LogP contribution is -2.15. The molecule has 1 fully saturated rings. The van der Waals surface area contributed by atoms with E-state index in [0.717, 1.165) is 20.0 Å². The topological polar surface area (TPSA) is 74.6 Å². The number of thiophene rings is 1. The van der Waals surface area contributed by atoms with Crippen molar-refractivity contribution in [3.8, 4) is 0 Å². The first kappa shape index (κ1) is 25.4. The van der Waals surface area contributed by atoms with Crippen LogP contribution >= 0.6 is 22.9 Å². The molecular weight excluding hydrogens is 456 g/mol. The van der Waals surface area contributed by atoms with E-state index in [1.54, 1.807) is 11.3 Å². The number of aliphatic carboxylic acids is 1. The van der Waals surface area contributed by atoms with Gasteiger partial charge in [0.15, 0.2) is 0 Å². The molecule has 1 aliphatic carbocycles. The van der Waals surface area contributed by atoms with E-state index >= 15 is 0 Å². The van der Waals surface area contributed by atoms with E-state index in [9.17, 15) is 14.7 Å². The van der Waals surface area contributed by atoms with Crippen LogP contribution in [0.15, 0.2) is 61.2 Å². The second-order valence-electron chi connectivity index (χ2n) is 8.57. The molecule has 1 aromatic carbocycles. The molecule has 0 amide bonds. The van der Waals surface area contributed by atoms with Gasteiger partial charge in [0.25, 0.3) is 0 Å². The molecule has 176 valence electrons. The summed E-state index contributed by atoms with van der Waals surface area (Å²) in [6.07, 6.45) is 12.8. The van der Waals surface area contributed by atoms with Crippen LogP contribution in [0.5, 0.6) is 0 Å². The standard InChI is InChI=1S/C27H31ClO4S/c1-2-18-17-23(30)21(9-5-3-4-6-12-26(31)32)20(18)15-13-19(29)14-16-25-27(28)22-10-7-8-11-24(22)33-25/h2-3,5,7-8,10-11,13,15,18-21,29H,1,4,6,9,12,14,16-17H2,(H,31,32)/b5-3-,15-13+/t18-,19?,20+,21-/m1/s1. The molecular formula is C27H31ClO4S. The minimum Gasteiger partial charge on any atom is -0.481 e. The number of ketones is 1. The number of halogens is 1. The van der Waals surface area contributed by atoms with Gasteiger partial charge in [0.1, 0.15) is 5.78 Å². The third-order valence-corrected chi connectivity index (χ3v) is 8.03. The molecule has 2 aromatic rings. The molecule has 3 rings (SSSR count). The number of unbranched alkanes of at least 4 members (excludes halogenated alkanes) is 1. The number of hydrogen-bond acceptors (Lipinski definition) is 4. The Morgan fingerprint density at radius 1 is 1.30 bits per heavy atom. The lowest BCUT2D eigenvalue weighted by atomic mass is 9.86. The highest BCUT2D eigenvalue weighted by atomic mass is 35.5. The number of hydrogen-bond donors (Lipinski definition) is 2. The summed E-state index contributed by atoms with van der Waals surface area (Å²) in [5.41, 5.74) is 0. The molecule has 1 aliphatic rings. The second kappa shape index (κ2) is 12.3. The van der Waals surface area contributed by atoms with Crippen LogP contribution in [0.25, 0.3) is 10.1 Å². The number of benzene rings is 1. The molecule has 0 bridgehead atoms. The molecule has 1 aromatic heterocycles. The minimum atomic E-state index is -0.790. The predicted octanol–water partition coefficient (Wildman–Crippen LogP) is 6.61. The van der Waals surface area contributed by atoms with Crippen molar-refractivity contribution in [1.82, 2.24) is 0 Å². The summed E-state index contributed by atoms with van der Waals surface area (Å²) in [7, 11) is 0. The Morgan fingerprint density at radius 3 is 2.82 bits per heavy atom. The second-order valence-corrected chi connectivity index (χ2v) is 10.1. The van der Waals surface area contributed by atoms with Crippen molar-refractivity contribution in [1.29, 1.82) is 0 Å². The SMILES string of the molecule is C=C[C@@H]1CC(=O)[C@H](C/C=C\CCCC(=O)O)[C@H]1/C=C/C(O)CCc1sc2ccccc2c1Cl. The fourth-order valence-corrected chi connectivity index (χ4v) is 5.97. The van der Waals surface area contributed by atoms with Crippen LogP contribution in [0.3, 0.4) is 0 Å². The molecule has 6 heteroatoms. The molecule has 0 radical (unpaired) electrons. The Labute approximate surface area is 204 Å². The van der Waals surface area contributed by atoms with Crippen molar-refractivity contribution in [2.75, 3.05) is 0 Å². The first-order valence-electron chi connectivity index (χ1n) is 11.4. The Kier molecular flexibility index (Phi) is 9.48. The van der Waals surface area contributed by atoms with Crippen molar-refractivity contribution >= 4 is 44.8 Å². The van der Waals surface area contributed by atoms with Crippen molar-refractivity contribution < 1.29 is 19.8 Å². The van der Waals surface area contributed by atoms with Gasteiger partial charge in [0.05, 0.1) is 11.1 Å². The number of allylic oxidation sites excluding steroid dienone is 4.